The number of H-pyrrole nitrogens is 1. The van der Waals surface area contributed by atoms with Gasteiger partial charge in [-0.3, -0.25) is 14.7 Å². The van der Waals surface area contributed by atoms with Crippen LogP contribution in [-0.2, 0) is 4.74 Å². The lowest BCUT2D eigenvalue weighted by atomic mass is 9.92. The molecular weight excluding hydrogens is 390 g/mol. The van der Waals surface area contributed by atoms with Crippen LogP contribution in [0.1, 0.15) is 69.3 Å². The molecule has 2 amide bonds. The molecule has 0 saturated carbocycles. The molecule has 0 aliphatic carbocycles. The molecule has 0 bridgehead atoms. The first-order valence-corrected chi connectivity index (χ1v) is 11.0. The first-order chi connectivity index (χ1) is 14.0. The zero-order valence-electron chi connectivity index (χ0n) is 16.9. The van der Waals surface area contributed by atoms with Gasteiger partial charge in [-0.15, -0.1) is 11.3 Å². The SMILES string of the molecule is CC(C)c1ncc(C(=O)N2CCCC(c3[nH]ncc3C(=O)N3CCOCC3)C2)s1. The average Bonchev–Trinajstić information content (AvgIpc) is 3.43. The van der Waals surface area contributed by atoms with Crippen molar-refractivity contribution in [2.75, 3.05) is 39.4 Å². The molecule has 29 heavy (non-hydrogen) atoms. The molecule has 2 aromatic heterocycles. The third-order valence-corrected chi connectivity index (χ3v) is 6.83. The highest BCUT2D eigenvalue weighted by Crippen LogP contribution is 2.30. The molecule has 1 atom stereocenters. The lowest BCUT2D eigenvalue weighted by molar-refractivity contribution is 0.0301. The third kappa shape index (κ3) is 4.20. The summed E-state index contributed by atoms with van der Waals surface area (Å²) in [6.07, 6.45) is 5.13. The summed E-state index contributed by atoms with van der Waals surface area (Å²) in [6, 6.07) is 0. The Bertz CT molecular complexity index is 871. The molecule has 0 aromatic carbocycles. The Morgan fingerprint density at radius 3 is 2.69 bits per heavy atom. The van der Waals surface area contributed by atoms with Crippen LogP contribution in [0.4, 0.5) is 0 Å². The zero-order chi connectivity index (χ0) is 20.4. The molecule has 2 aromatic rings. The van der Waals surface area contributed by atoms with E-state index in [-0.39, 0.29) is 17.7 Å². The number of hydrogen-bond acceptors (Lipinski definition) is 6. The van der Waals surface area contributed by atoms with Crippen molar-refractivity contribution in [3.05, 3.63) is 33.5 Å². The molecule has 2 aliphatic rings. The number of aromatic nitrogens is 3. The smallest absolute Gasteiger partial charge is 0.265 e. The average molecular weight is 418 g/mol. The second-order valence-corrected chi connectivity index (χ2v) is 8.97. The van der Waals surface area contributed by atoms with Crippen LogP contribution in [0.15, 0.2) is 12.4 Å². The number of aromatic amines is 1. The second-order valence-electron chi connectivity index (χ2n) is 7.91. The van der Waals surface area contributed by atoms with Gasteiger partial charge in [0, 0.05) is 38.0 Å². The predicted molar refractivity (Wildman–Crippen MR) is 109 cm³/mol. The van der Waals surface area contributed by atoms with Gasteiger partial charge in [-0.25, -0.2) is 4.98 Å². The Balaban J connectivity index is 1.48. The maximum absolute atomic E-state index is 13.0. The van der Waals surface area contributed by atoms with Crippen LogP contribution >= 0.6 is 11.3 Å². The molecule has 1 unspecified atom stereocenters. The lowest BCUT2D eigenvalue weighted by Gasteiger charge is -2.33. The molecule has 2 fully saturated rings. The van der Waals surface area contributed by atoms with Crippen LogP contribution in [0.5, 0.6) is 0 Å². The minimum atomic E-state index is -0.00969. The topological polar surface area (TPSA) is 91.4 Å². The van der Waals surface area contributed by atoms with E-state index in [2.05, 4.69) is 29.0 Å². The van der Waals surface area contributed by atoms with Crippen molar-refractivity contribution < 1.29 is 14.3 Å². The standard InChI is InChI=1S/C20H27N5O3S/c1-13(2)18-21-11-16(29-18)20(27)25-5-3-4-14(12-25)17-15(10-22-23-17)19(26)24-6-8-28-9-7-24/h10-11,13-14H,3-9,12H2,1-2H3,(H,22,23). The molecule has 2 aliphatic heterocycles. The Labute approximate surface area is 174 Å². The van der Waals surface area contributed by atoms with Crippen molar-refractivity contribution in [1.29, 1.82) is 0 Å². The molecule has 1 N–H and O–H groups in total. The quantitative estimate of drug-likeness (QED) is 0.825. The van der Waals surface area contributed by atoms with Crippen molar-refractivity contribution in [2.24, 2.45) is 0 Å². The second kappa shape index (κ2) is 8.62. The Kier molecular flexibility index (Phi) is 5.96. The van der Waals surface area contributed by atoms with Gasteiger partial charge in [0.05, 0.1) is 41.9 Å². The van der Waals surface area contributed by atoms with E-state index in [1.165, 1.54) is 11.3 Å². The van der Waals surface area contributed by atoms with E-state index in [9.17, 15) is 9.59 Å². The molecule has 0 spiro atoms. The molecule has 156 valence electrons. The molecule has 4 rings (SSSR count). The molecule has 2 saturated heterocycles. The zero-order valence-corrected chi connectivity index (χ0v) is 17.7. The number of amides is 2. The summed E-state index contributed by atoms with van der Waals surface area (Å²) in [4.78, 5) is 34.7. The van der Waals surface area contributed by atoms with E-state index in [4.69, 9.17) is 4.74 Å². The minimum absolute atomic E-state index is 0.00969. The van der Waals surface area contributed by atoms with Crippen LogP contribution in [0.25, 0.3) is 0 Å². The third-order valence-electron chi connectivity index (χ3n) is 5.54. The monoisotopic (exact) mass is 417 g/mol. The van der Waals surface area contributed by atoms with Crippen molar-refractivity contribution in [3.63, 3.8) is 0 Å². The fraction of sp³-hybridized carbons (Fsp3) is 0.600. The van der Waals surface area contributed by atoms with Gasteiger partial charge in [0.1, 0.15) is 4.88 Å². The van der Waals surface area contributed by atoms with Crippen LogP contribution in [0.2, 0.25) is 0 Å². The van der Waals surface area contributed by atoms with Crippen molar-refractivity contribution >= 4 is 23.2 Å². The highest BCUT2D eigenvalue weighted by molar-refractivity contribution is 7.13. The van der Waals surface area contributed by atoms with Crippen LogP contribution in [-0.4, -0.2) is 76.2 Å². The number of carbonyl (C=O) groups is 2. The summed E-state index contributed by atoms with van der Waals surface area (Å²) in [5.74, 6) is 0.409. The number of rotatable bonds is 4. The molecule has 0 radical (unpaired) electrons. The van der Waals surface area contributed by atoms with E-state index < -0.39 is 0 Å². The molecule has 8 nitrogen and oxygen atoms in total. The number of thiazole rings is 1. The van der Waals surface area contributed by atoms with Crippen LogP contribution in [0.3, 0.4) is 0 Å². The Morgan fingerprint density at radius 1 is 1.17 bits per heavy atom. The van der Waals surface area contributed by atoms with E-state index in [1.54, 1.807) is 12.4 Å². The summed E-state index contributed by atoms with van der Waals surface area (Å²) in [5, 5.41) is 8.17. The highest BCUT2D eigenvalue weighted by Gasteiger charge is 2.31. The van der Waals surface area contributed by atoms with Gasteiger partial charge in [0.2, 0.25) is 0 Å². The largest absolute Gasteiger partial charge is 0.378 e. The van der Waals surface area contributed by atoms with Gasteiger partial charge in [0.15, 0.2) is 0 Å². The number of nitrogens with one attached hydrogen (secondary N) is 1. The first kappa shape index (κ1) is 20.0. The maximum Gasteiger partial charge on any atom is 0.265 e. The summed E-state index contributed by atoms with van der Waals surface area (Å²) in [5.41, 5.74) is 1.46. The van der Waals surface area contributed by atoms with Crippen molar-refractivity contribution in [1.82, 2.24) is 25.0 Å². The number of ether oxygens (including phenoxy) is 1. The number of morpholine rings is 1. The molecular formula is C20H27N5O3S. The van der Waals surface area contributed by atoms with Gasteiger partial charge in [-0.2, -0.15) is 5.10 Å². The van der Waals surface area contributed by atoms with Gasteiger partial charge >= 0.3 is 0 Å². The Hall–Kier alpha value is -2.26. The first-order valence-electron chi connectivity index (χ1n) is 10.2. The lowest BCUT2D eigenvalue weighted by Crippen LogP contribution is -2.42. The molecule has 9 heteroatoms. The summed E-state index contributed by atoms with van der Waals surface area (Å²) >= 11 is 1.47. The fourth-order valence-electron chi connectivity index (χ4n) is 3.92. The fourth-order valence-corrected chi connectivity index (χ4v) is 4.81. The summed E-state index contributed by atoms with van der Waals surface area (Å²) in [7, 11) is 0. The van der Waals surface area contributed by atoms with E-state index in [0.717, 1.165) is 30.1 Å². The maximum atomic E-state index is 13.0. The highest BCUT2D eigenvalue weighted by atomic mass is 32.1. The van der Waals surface area contributed by atoms with E-state index in [0.29, 0.717) is 49.2 Å². The number of carbonyl (C=O) groups excluding carboxylic acids is 2. The number of likely N-dealkylation sites (tertiary alicyclic amines) is 1. The van der Waals surface area contributed by atoms with E-state index >= 15 is 0 Å². The van der Waals surface area contributed by atoms with Crippen molar-refractivity contribution in [2.45, 2.75) is 38.5 Å². The van der Waals surface area contributed by atoms with Crippen LogP contribution < -0.4 is 0 Å². The van der Waals surface area contributed by atoms with E-state index in [1.807, 2.05) is 9.80 Å². The van der Waals surface area contributed by atoms with Gasteiger partial charge in [-0.05, 0) is 12.8 Å². The van der Waals surface area contributed by atoms with Gasteiger partial charge in [0.25, 0.3) is 11.8 Å². The van der Waals surface area contributed by atoms with Gasteiger partial charge in [-0.1, -0.05) is 13.8 Å². The number of piperidine rings is 1. The normalized spacial score (nSPS) is 20.3. The van der Waals surface area contributed by atoms with Crippen LogP contribution in [0, 0.1) is 0 Å². The summed E-state index contributed by atoms with van der Waals surface area (Å²) in [6.45, 7) is 7.80. The van der Waals surface area contributed by atoms with Gasteiger partial charge < -0.3 is 14.5 Å². The molecule has 4 heterocycles. The number of hydrogen-bond donors (Lipinski definition) is 1. The minimum Gasteiger partial charge on any atom is -0.378 e. The van der Waals surface area contributed by atoms with Crippen molar-refractivity contribution in [3.8, 4) is 0 Å². The Morgan fingerprint density at radius 2 is 1.97 bits per heavy atom. The number of nitrogens with zero attached hydrogens (tertiary/aromatic N) is 4. The summed E-state index contributed by atoms with van der Waals surface area (Å²) < 4.78 is 5.35. The predicted octanol–water partition coefficient (Wildman–Crippen LogP) is 2.48.